The molecule has 1 aliphatic heterocycles. The number of ether oxygens (including phenoxy) is 1. The molecule has 5 heteroatoms. The predicted octanol–water partition coefficient (Wildman–Crippen LogP) is 1.62. The Morgan fingerprint density at radius 1 is 1.40 bits per heavy atom. The SMILES string of the molecule is CCCn1nccc1CN1CCC(OCCCN)CC1. The number of rotatable bonds is 8. The van der Waals surface area contributed by atoms with Crippen LogP contribution in [-0.4, -0.2) is 47.0 Å². The summed E-state index contributed by atoms with van der Waals surface area (Å²) >= 11 is 0. The summed E-state index contributed by atoms with van der Waals surface area (Å²) in [6, 6.07) is 2.14. The van der Waals surface area contributed by atoms with E-state index < -0.39 is 0 Å². The predicted molar refractivity (Wildman–Crippen MR) is 80.4 cm³/mol. The van der Waals surface area contributed by atoms with Crippen molar-refractivity contribution in [3.63, 3.8) is 0 Å². The molecule has 1 aliphatic rings. The molecule has 0 amide bonds. The maximum absolute atomic E-state index is 5.84. The molecule has 1 fully saturated rings. The molecule has 1 aromatic rings. The van der Waals surface area contributed by atoms with E-state index in [0.29, 0.717) is 6.10 Å². The van der Waals surface area contributed by atoms with Crippen LogP contribution in [0, 0.1) is 0 Å². The Balaban J connectivity index is 1.72. The molecule has 0 atom stereocenters. The Morgan fingerprint density at radius 3 is 2.90 bits per heavy atom. The molecule has 0 unspecified atom stereocenters. The van der Waals surface area contributed by atoms with Crippen LogP contribution in [0.4, 0.5) is 0 Å². The fraction of sp³-hybridized carbons (Fsp3) is 0.800. The van der Waals surface area contributed by atoms with Crippen LogP contribution in [0.3, 0.4) is 0 Å². The highest BCUT2D eigenvalue weighted by molar-refractivity contribution is 5.00. The van der Waals surface area contributed by atoms with Crippen LogP contribution >= 0.6 is 0 Å². The molecule has 114 valence electrons. The van der Waals surface area contributed by atoms with Gasteiger partial charge < -0.3 is 10.5 Å². The van der Waals surface area contributed by atoms with Crippen molar-refractivity contribution in [3.05, 3.63) is 18.0 Å². The zero-order valence-electron chi connectivity index (χ0n) is 12.6. The maximum Gasteiger partial charge on any atom is 0.0599 e. The molecule has 0 spiro atoms. The molecule has 2 N–H and O–H groups in total. The number of likely N-dealkylation sites (tertiary alicyclic amines) is 1. The lowest BCUT2D eigenvalue weighted by Crippen LogP contribution is -2.37. The molecule has 1 saturated heterocycles. The Bertz CT molecular complexity index is 372. The average Bonchev–Trinajstić information content (AvgIpc) is 2.89. The van der Waals surface area contributed by atoms with E-state index in [1.165, 1.54) is 5.69 Å². The van der Waals surface area contributed by atoms with Crippen LogP contribution in [0.5, 0.6) is 0 Å². The van der Waals surface area contributed by atoms with Gasteiger partial charge in [-0.1, -0.05) is 6.92 Å². The number of piperidine rings is 1. The van der Waals surface area contributed by atoms with Gasteiger partial charge in [0.2, 0.25) is 0 Å². The summed E-state index contributed by atoms with van der Waals surface area (Å²) in [5.74, 6) is 0. The minimum atomic E-state index is 0.429. The van der Waals surface area contributed by atoms with Crippen LogP contribution in [-0.2, 0) is 17.8 Å². The van der Waals surface area contributed by atoms with E-state index in [1.807, 2.05) is 6.20 Å². The first-order chi connectivity index (χ1) is 9.83. The van der Waals surface area contributed by atoms with Crippen molar-refractivity contribution in [1.29, 1.82) is 0 Å². The van der Waals surface area contributed by atoms with E-state index in [4.69, 9.17) is 10.5 Å². The van der Waals surface area contributed by atoms with E-state index in [1.54, 1.807) is 0 Å². The third kappa shape index (κ3) is 4.58. The summed E-state index contributed by atoms with van der Waals surface area (Å²) in [5, 5.41) is 4.39. The van der Waals surface area contributed by atoms with E-state index >= 15 is 0 Å². The first-order valence-electron chi connectivity index (χ1n) is 7.88. The quantitative estimate of drug-likeness (QED) is 0.735. The summed E-state index contributed by atoms with van der Waals surface area (Å²) in [7, 11) is 0. The fourth-order valence-electron chi connectivity index (χ4n) is 2.70. The second-order valence-electron chi connectivity index (χ2n) is 5.53. The van der Waals surface area contributed by atoms with Crippen molar-refractivity contribution in [3.8, 4) is 0 Å². The molecule has 2 heterocycles. The van der Waals surface area contributed by atoms with E-state index in [9.17, 15) is 0 Å². The van der Waals surface area contributed by atoms with Gasteiger partial charge in [0.25, 0.3) is 0 Å². The summed E-state index contributed by atoms with van der Waals surface area (Å²) in [4.78, 5) is 2.51. The molecule has 0 aliphatic carbocycles. The Labute approximate surface area is 122 Å². The van der Waals surface area contributed by atoms with Gasteiger partial charge in [0.15, 0.2) is 0 Å². The number of nitrogens with zero attached hydrogens (tertiary/aromatic N) is 3. The molecular formula is C15H28N4O. The molecule has 2 rings (SSSR count). The lowest BCUT2D eigenvalue weighted by molar-refractivity contribution is 0.00516. The van der Waals surface area contributed by atoms with Crippen molar-refractivity contribution in [1.82, 2.24) is 14.7 Å². The smallest absolute Gasteiger partial charge is 0.0599 e. The van der Waals surface area contributed by atoms with Crippen LogP contribution in [0.1, 0.15) is 38.3 Å². The lowest BCUT2D eigenvalue weighted by Gasteiger charge is -2.31. The normalized spacial score (nSPS) is 17.7. The number of hydrogen-bond donors (Lipinski definition) is 1. The average molecular weight is 280 g/mol. The van der Waals surface area contributed by atoms with Crippen LogP contribution in [0.15, 0.2) is 12.3 Å². The first kappa shape index (κ1) is 15.5. The van der Waals surface area contributed by atoms with Gasteiger partial charge in [-0.15, -0.1) is 0 Å². The van der Waals surface area contributed by atoms with Crippen LogP contribution < -0.4 is 5.73 Å². The highest BCUT2D eigenvalue weighted by Crippen LogP contribution is 2.16. The zero-order chi connectivity index (χ0) is 14.2. The molecule has 0 saturated carbocycles. The maximum atomic E-state index is 5.84. The number of hydrogen-bond acceptors (Lipinski definition) is 4. The van der Waals surface area contributed by atoms with Gasteiger partial charge in [-0.3, -0.25) is 9.58 Å². The second-order valence-corrected chi connectivity index (χ2v) is 5.53. The number of aromatic nitrogens is 2. The van der Waals surface area contributed by atoms with Gasteiger partial charge in [-0.2, -0.15) is 5.10 Å². The molecule has 20 heavy (non-hydrogen) atoms. The topological polar surface area (TPSA) is 56.3 Å². The van der Waals surface area contributed by atoms with Gasteiger partial charge in [-0.05, 0) is 38.3 Å². The van der Waals surface area contributed by atoms with Crippen LogP contribution in [0.2, 0.25) is 0 Å². The van der Waals surface area contributed by atoms with Crippen molar-refractivity contribution in [2.24, 2.45) is 5.73 Å². The minimum Gasteiger partial charge on any atom is -0.378 e. The molecule has 0 aromatic carbocycles. The summed E-state index contributed by atoms with van der Waals surface area (Å²) in [5.41, 5.74) is 6.81. The first-order valence-corrected chi connectivity index (χ1v) is 7.88. The standard InChI is InChI=1S/C15H28N4O/c1-2-9-19-14(4-8-17-19)13-18-10-5-15(6-11-18)20-12-3-7-16/h4,8,15H,2-3,5-7,9-13,16H2,1H3. The van der Waals surface area contributed by atoms with Gasteiger partial charge in [0.1, 0.15) is 0 Å². The fourth-order valence-corrected chi connectivity index (χ4v) is 2.70. The van der Waals surface area contributed by atoms with E-state index in [0.717, 1.165) is 65.0 Å². The van der Waals surface area contributed by atoms with Gasteiger partial charge in [0.05, 0.1) is 11.8 Å². The summed E-state index contributed by atoms with van der Waals surface area (Å²) in [6.07, 6.45) is 6.70. The Morgan fingerprint density at radius 2 is 2.20 bits per heavy atom. The van der Waals surface area contributed by atoms with Crippen molar-refractivity contribution < 1.29 is 4.74 Å². The largest absolute Gasteiger partial charge is 0.378 e. The zero-order valence-corrected chi connectivity index (χ0v) is 12.6. The highest BCUT2D eigenvalue weighted by Gasteiger charge is 2.20. The van der Waals surface area contributed by atoms with Crippen molar-refractivity contribution in [2.45, 2.75) is 51.8 Å². The molecule has 0 radical (unpaired) electrons. The second kappa shape index (κ2) is 8.39. The number of nitrogens with two attached hydrogens (primary N) is 1. The lowest BCUT2D eigenvalue weighted by atomic mass is 10.1. The summed E-state index contributed by atoms with van der Waals surface area (Å²) < 4.78 is 7.97. The number of aryl methyl sites for hydroxylation is 1. The minimum absolute atomic E-state index is 0.429. The molecule has 5 nitrogen and oxygen atoms in total. The van der Waals surface area contributed by atoms with Gasteiger partial charge in [0, 0.05) is 39.0 Å². The van der Waals surface area contributed by atoms with Crippen LogP contribution in [0.25, 0.3) is 0 Å². The van der Waals surface area contributed by atoms with E-state index in [2.05, 4.69) is 27.7 Å². The van der Waals surface area contributed by atoms with Crippen molar-refractivity contribution >= 4 is 0 Å². The van der Waals surface area contributed by atoms with Crippen molar-refractivity contribution in [2.75, 3.05) is 26.2 Å². The Kier molecular flexibility index (Phi) is 6.50. The van der Waals surface area contributed by atoms with Gasteiger partial charge in [-0.25, -0.2) is 0 Å². The Hall–Kier alpha value is -0.910. The molecule has 0 bridgehead atoms. The summed E-state index contributed by atoms with van der Waals surface area (Å²) in [6.45, 7) is 7.98. The van der Waals surface area contributed by atoms with E-state index in [-0.39, 0.29) is 0 Å². The molecular weight excluding hydrogens is 252 g/mol. The molecule has 1 aromatic heterocycles. The van der Waals surface area contributed by atoms with Gasteiger partial charge >= 0.3 is 0 Å². The third-order valence-electron chi connectivity index (χ3n) is 3.86. The monoisotopic (exact) mass is 280 g/mol. The third-order valence-corrected chi connectivity index (χ3v) is 3.86. The highest BCUT2D eigenvalue weighted by atomic mass is 16.5.